The molecule has 0 saturated heterocycles. The number of carbonyl (C=O) groups is 1. The molecule has 2 aromatic rings. The van der Waals surface area contributed by atoms with Crippen molar-refractivity contribution in [2.45, 2.75) is 0 Å². The van der Waals surface area contributed by atoms with E-state index in [0.717, 1.165) is 0 Å². The van der Waals surface area contributed by atoms with Gasteiger partial charge in [0.25, 0.3) is 5.24 Å². The molecule has 0 fully saturated rings. The van der Waals surface area contributed by atoms with Crippen LogP contribution < -0.4 is 4.74 Å². The van der Waals surface area contributed by atoms with Gasteiger partial charge in [-0.25, -0.2) is 4.52 Å². The summed E-state index contributed by atoms with van der Waals surface area (Å²) in [5, 5.41) is 3.48. The maximum absolute atomic E-state index is 11.0. The molecule has 0 spiro atoms. The first-order valence-electron chi connectivity index (χ1n) is 4.08. The minimum Gasteiger partial charge on any atom is -0.481 e. The number of nitrogens with zero attached hydrogens (tertiary/aromatic N) is 2. The van der Waals surface area contributed by atoms with Crippen LogP contribution in [-0.4, -0.2) is 20.4 Å². The van der Waals surface area contributed by atoms with Gasteiger partial charge in [-0.3, -0.25) is 4.79 Å². The Kier molecular flexibility index (Phi) is 2.93. The number of fused-ring (bicyclic) bond motifs is 1. The van der Waals surface area contributed by atoms with Gasteiger partial charge in [-0.15, -0.1) is 0 Å². The smallest absolute Gasteiger partial charge is 0.256 e. The van der Waals surface area contributed by atoms with Gasteiger partial charge in [0, 0.05) is 0 Å². The summed E-state index contributed by atoms with van der Waals surface area (Å²) in [5.41, 5.74) is 1.46. The zero-order valence-electron chi connectivity index (χ0n) is 7.48. The maximum Gasteiger partial charge on any atom is 0.256 e. The summed E-state index contributed by atoms with van der Waals surface area (Å²) in [5.74, 6) is 0.663. The lowest BCUT2D eigenvalue weighted by atomic mass is 10.3. The molecule has 78 valence electrons. The molecule has 0 atom stereocenters. The topological polar surface area (TPSA) is 43.6 Å². The molecule has 0 saturated carbocycles. The van der Waals surface area contributed by atoms with Gasteiger partial charge in [0.05, 0.1) is 23.5 Å². The van der Waals surface area contributed by atoms with Gasteiger partial charge in [0.2, 0.25) is 0 Å². The summed E-state index contributed by atoms with van der Waals surface area (Å²) < 4.78 is 6.77. The summed E-state index contributed by atoms with van der Waals surface area (Å²) in [7, 11) is 0. The van der Waals surface area contributed by atoms with Gasteiger partial charge in [-0.05, 0) is 39.7 Å². The SMILES string of the molecule is O=C(Cl)c1cnn2cc(OCBr)ccc12. The molecule has 6 heteroatoms. The van der Waals surface area contributed by atoms with Crippen LogP contribution in [0.15, 0.2) is 24.5 Å². The molecule has 0 radical (unpaired) electrons. The number of halogens is 2. The van der Waals surface area contributed by atoms with E-state index in [4.69, 9.17) is 16.3 Å². The quantitative estimate of drug-likeness (QED) is 0.644. The predicted octanol–water partition coefficient (Wildman–Crippen LogP) is 2.44. The lowest BCUT2D eigenvalue weighted by Crippen LogP contribution is -1.93. The second-order valence-corrected chi connectivity index (χ2v) is 3.58. The minimum atomic E-state index is -0.515. The number of hydrogen-bond acceptors (Lipinski definition) is 3. The highest BCUT2D eigenvalue weighted by Crippen LogP contribution is 2.17. The van der Waals surface area contributed by atoms with Crippen molar-refractivity contribution in [3.05, 3.63) is 30.1 Å². The van der Waals surface area contributed by atoms with Crippen LogP contribution in [0.3, 0.4) is 0 Å². The number of alkyl halides is 1. The first-order valence-corrected chi connectivity index (χ1v) is 5.58. The number of rotatable bonds is 3. The van der Waals surface area contributed by atoms with Gasteiger partial charge in [-0.2, -0.15) is 5.10 Å². The molecule has 0 aliphatic heterocycles. The molecular weight excluding hydrogens is 283 g/mol. The van der Waals surface area contributed by atoms with Crippen LogP contribution in [0.5, 0.6) is 5.75 Å². The number of ether oxygens (including phenoxy) is 1. The Morgan fingerprint density at radius 1 is 1.60 bits per heavy atom. The van der Waals surface area contributed by atoms with Crippen molar-refractivity contribution in [3.8, 4) is 5.75 Å². The van der Waals surface area contributed by atoms with Crippen LogP contribution in [-0.2, 0) is 0 Å². The van der Waals surface area contributed by atoms with Crippen molar-refractivity contribution < 1.29 is 9.53 Å². The first-order chi connectivity index (χ1) is 7.22. The molecule has 0 aliphatic rings. The number of hydrogen-bond donors (Lipinski definition) is 0. The Balaban J connectivity index is 2.51. The minimum absolute atomic E-state index is 0.391. The molecule has 2 rings (SSSR count). The van der Waals surface area contributed by atoms with Crippen LogP contribution in [0, 0.1) is 0 Å². The molecule has 2 heterocycles. The van der Waals surface area contributed by atoms with Gasteiger partial charge in [-0.1, -0.05) is 0 Å². The normalized spacial score (nSPS) is 10.5. The molecule has 15 heavy (non-hydrogen) atoms. The van der Waals surface area contributed by atoms with Gasteiger partial charge in [0.1, 0.15) is 11.3 Å². The fraction of sp³-hybridized carbons (Fsp3) is 0.111. The van der Waals surface area contributed by atoms with Crippen molar-refractivity contribution in [3.63, 3.8) is 0 Å². The molecule has 0 aliphatic carbocycles. The van der Waals surface area contributed by atoms with E-state index in [1.165, 1.54) is 6.20 Å². The van der Waals surface area contributed by atoms with Crippen LogP contribution in [0.1, 0.15) is 10.4 Å². The average molecular weight is 290 g/mol. The zero-order valence-corrected chi connectivity index (χ0v) is 9.83. The number of aromatic nitrogens is 2. The highest BCUT2D eigenvalue weighted by atomic mass is 79.9. The standard InChI is InChI=1S/C9H6BrClN2O2/c10-5-15-6-1-2-8-7(9(11)14)3-12-13(8)4-6/h1-4H,5H2. The Bertz CT molecular complexity index is 512. The van der Waals surface area contributed by atoms with Crippen molar-refractivity contribution >= 4 is 38.3 Å². The fourth-order valence-corrected chi connectivity index (χ4v) is 1.68. The molecule has 0 N–H and O–H groups in total. The Morgan fingerprint density at radius 2 is 2.40 bits per heavy atom. The third-order valence-corrected chi connectivity index (χ3v) is 2.35. The molecule has 0 aromatic carbocycles. The summed E-state index contributed by atoms with van der Waals surface area (Å²) in [6, 6.07) is 3.49. The van der Waals surface area contributed by atoms with E-state index >= 15 is 0 Å². The van der Waals surface area contributed by atoms with Crippen molar-refractivity contribution in [1.29, 1.82) is 0 Å². The maximum atomic E-state index is 11.0. The average Bonchev–Trinajstić information content (AvgIpc) is 2.61. The van der Waals surface area contributed by atoms with Crippen LogP contribution >= 0.6 is 27.5 Å². The van der Waals surface area contributed by atoms with Gasteiger partial charge >= 0.3 is 0 Å². The number of carbonyl (C=O) groups excluding carboxylic acids is 1. The van der Waals surface area contributed by atoms with Crippen molar-refractivity contribution in [1.82, 2.24) is 9.61 Å². The highest BCUT2D eigenvalue weighted by Gasteiger charge is 2.10. The summed E-state index contributed by atoms with van der Waals surface area (Å²) in [6.07, 6.45) is 3.11. The lowest BCUT2D eigenvalue weighted by Gasteiger charge is -2.01. The number of pyridine rings is 1. The van der Waals surface area contributed by atoms with Crippen LogP contribution in [0.4, 0.5) is 0 Å². The van der Waals surface area contributed by atoms with E-state index in [0.29, 0.717) is 22.3 Å². The molecular formula is C9H6BrClN2O2. The van der Waals surface area contributed by atoms with Crippen molar-refractivity contribution in [2.24, 2.45) is 0 Å². The van der Waals surface area contributed by atoms with Crippen LogP contribution in [0.25, 0.3) is 5.52 Å². The van der Waals surface area contributed by atoms with Crippen molar-refractivity contribution in [2.75, 3.05) is 5.52 Å². The Labute approximate surface area is 98.9 Å². The second kappa shape index (κ2) is 4.20. The van der Waals surface area contributed by atoms with E-state index in [9.17, 15) is 4.79 Å². The van der Waals surface area contributed by atoms with E-state index in [1.54, 1.807) is 22.8 Å². The highest BCUT2D eigenvalue weighted by molar-refractivity contribution is 9.09. The van der Waals surface area contributed by atoms with Crippen LogP contribution in [0.2, 0.25) is 0 Å². The molecule has 0 amide bonds. The van der Waals surface area contributed by atoms with E-state index in [2.05, 4.69) is 21.0 Å². The van der Waals surface area contributed by atoms with Gasteiger partial charge < -0.3 is 4.74 Å². The van der Waals surface area contributed by atoms with E-state index in [1.807, 2.05) is 0 Å². The largest absolute Gasteiger partial charge is 0.481 e. The Hall–Kier alpha value is -1.07. The predicted molar refractivity (Wildman–Crippen MR) is 59.8 cm³/mol. The molecule has 4 nitrogen and oxygen atoms in total. The molecule has 2 aromatic heterocycles. The summed E-state index contributed by atoms with van der Waals surface area (Å²) in [6.45, 7) is 0. The zero-order chi connectivity index (χ0) is 10.8. The second-order valence-electron chi connectivity index (χ2n) is 2.78. The molecule has 0 bridgehead atoms. The summed E-state index contributed by atoms with van der Waals surface area (Å²) in [4.78, 5) is 11.0. The van der Waals surface area contributed by atoms with E-state index in [-0.39, 0.29) is 0 Å². The monoisotopic (exact) mass is 288 g/mol. The fourth-order valence-electron chi connectivity index (χ4n) is 1.27. The molecule has 0 unspecified atom stereocenters. The lowest BCUT2D eigenvalue weighted by molar-refractivity contribution is 0.108. The third-order valence-electron chi connectivity index (χ3n) is 1.92. The summed E-state index contributed by atoms with van der Waals surface area (Å²) >= 11 is 8.54. The Morgan fingerprint density at radius 3 is 3.07 bits per heavy atom. The van der Waals surface area contributed by atoms with Gasteiger partial charge in [0.15, 0.2) is 0 Å². The third kappa shape index (κ3) is 1.98. The first kappa shape index (κ1) is 10.4. The van der Waals surface area contributed by atoms with E-state index < -0.39 is 5.24 Å².